The normalized spacial score (nSPS) is 20.4. The Kier molecular flexibility index (Phi) is 5.61. The van der Waals surface area contributed by atoms with Crippen LogP contribution in [0.25, 0.3) is 0 Å². The van der Waals surface area contributed by atoms with Crippen LogP contribution in [0.15, 0.2) is 29.2 Å². The molecule has 21 heavy (non-hydrogen) atoms. The molecular formula is C15H25N3O2S. The second-order valence-corrected chi connectivity index (χ2v) is 7.33. The van der Waals surface area contributed by atoms with E-state index in [1.165, 1.54) is 0 Å². The molecular weight excluding hydrogens is 286 g/mol. The third kappa shape index (κ3) is 4.43. The second kappa shape index (κ2) is 7.24. The minimum atomic E-state index is -3.48. The maximum Gasteiger partial charge on any atom is 0.242 e. The molecule has 6 heteroatoms. The van der Waals surface area contributed by atoms with Gasteiger partial charge in [-0.1, -0.05) is 19.1 Å². The Morgan fingerprint density at radius 2 is 2.10 bits per heavy atom. The van der Waals surface area contributed by atoms with E-state index in [1.54, 1.807) is 12.1 Å². The largest absolute Gasteiger partial charge is 0.384 e. The molecule has 0 amide bonds. The molecule has 1 atom stereocenters. The van der Waals surface area contributed by atoms with Crippen molar-refractivity contribution < 1.29 is 8.42 Å². The van der Waals surface area contributed by atoms with Gasteiger partial charge in [-0.2, -0.15) is 0 Å². The van der Waals surface area contributed by atoms with Crippen LogP contribution in [-0.2, 0) is 10.0 Å². The van der Waals surface area contributed by atoms with Gasteiger partial charge in [0.15, 0.2) is 0 Å². The summed E-state index contributed by atoms with van der Waals surface area (Å²) in [7, 11) is -1.46. The van der Waals surface area contributed by atoms with Crippen molar-refractivity contribution in [2.45, 2.75) is 37.1 Å². The molecule has 0 bridgehead atoms. The summed E-state index contributed by atoms with van der Waals surface area (Å²) >= 11 is 0. The van der Waals surface area contributed by atoms with E-state index >= 15 is 0 Å². The summed E-state index contributed by atoms with van der Waals surface area (Å²) < 4.78 is 28.1. The standard InChI is InChI=1S/C15H25N3O2S/c1-3-10-16-14-8-4-5-9-15(14)21(19,20)17-13-7-6-11-18(2)12-13/h4-5,8-9,13,16-17H,3,6-7,10-12H2,1-2H3. The van der Waals surface area contributed by atoms with Gasteiger partial charge in [-0.25, -0.2) is 13.1 Å². The molecule has 0 aliphatic carbocycles. The number of piperidine rings is 1. The topological polar surface area (TPSA) is 61.4 Å². The van der Waals surface area contributed by atoms with Gasteiger partial charge in [0, 0.05) is 19.1 Å². The first-order valence-electron chi connectivity index (χ1n) is 7.56. The summed E-state index contributed by atoms with van der Waals surface area (Å²) in [6.45, 7) is 4.62. The van der Waals surface area contributed by atoms with Crippen molar-refractivity contribution in [3.63, 3.8) is 0 Å². The van der Waals surface area contributed by atoms with Crippen LogP contribution in [0.5, 0.6) is 0 Å². The van der Waals surface area contributed by atoms with Crippen molar-refractivity contribution in [3.8, 4) is 0 Å². The van der Waals surface area contributed by atoms with E-state index in [-0.39, 0.29) is 6.04 Å². The highest BCUT2D eigenvalue weighted by molar-refractivity contribution is 7.89. The number of benzene rings is 1. The first-order valence-corrected chi connectivity index (χ1v) is 9.05. The Labute approximate surface area is 127 Å². The fourth-order valence-electron chi connectivity index (χ4n) is 2.65. The predicted molar refractivity (Wildman–Crippen MR) is 86.1 cm³/mol. The number of anilines is 1. The summed E-state index contributed by atoms with van der Waals surface area (Å²) in [6, 6.07) is 7.08. The van der Waals surface area contributed by atoms with Crippen molar-refractivity contribution in [2.24, 2.45) is 0 Å². The Bertz CT molecular complexity index is 560. The molecule has 1 saturated heterocycles. The number of nitrogens with zero attached hydrogens (tertiary/aromatic N) is 1. The van der Waals surface area contributed by atoms with Gasteiger partial charge in [0.25, 0.3) is 0 Å². The number of nitrogens with one attached hydrogen (secondary N) is 2. The smallest absolute Gasteiger partial charge is 0.242 e. The summed E-state index contributed by atoms with van der Waals surface area (Å²) in [6.07, 6.45) is 2.88. The molecule has 1 fully saturated rings. The van der Waals surface area contributed by atoms with Crippen LogP contribution in [0.4, 0.5) is 5.69 Å². The monoisotopic (exact) mass is 311 g/mol. The lowest BCUT2D eigenvalue weighted by Crippen LogP contribution is -2.46. The van der Waals surface area contributed by atoms with Gasteiger partial charge in [-0.05, 0) is 45.0 Å². The SMILES string of the molecule is CCCNc1ccccc1S(=O)(=O)NC1CCCN(C)C1. The fraction of sp³-hybridized carbons (Fsp3) is 0.600. The van der Waals surface area contributed by atoms with Gasteiger partial charge in [0.1, 0.15) is 4.90 Å². The number of hydrogen-bond donors (Lipinski definition) is 2. The van der Waals surface area contributed by atoms with Gasteiger partial charge >= 0.3 is 0 Å². The van der Waals surface area contributed by atoms with E-state index < -0.39 is 10.0 Å². The molecule has 2 rings (SSSR count). The fourth-order valence-corrected chi connectivity index (χ4v) is 4.10. The van der Waals surface area contributed by atoms with Gasteiger partial charge in [0.2, 0.25) is 10.0 Å². The third-order valence-electron chi connectivity index (χ3n) is 3.69. The third-order valence-corrected chi connectivity index (χ3v) is 5.27. The summed E-state index contributed by atoms with van der Waals surface area (Å²) in [5.41, 5.74) is 0.677. The molecule has 1 aliphatic rings. The molecule has 1 aliphatic heterocycles. The quantitative estimate of drug-likeness (QED) is 0.842. The lowest BCUT2D eigenvalue weighted by Gasteiger charge is -2.30. The van der Waals surface area contributed by atoms with Crippen LogP contribution in [0.3, 0.4) is 0 Å². The van der Waals surface area contributed by atoms with Crippen molar-refractivity contribution in [1.82, 2.24) is 9.62 Å². The van der Waals surface area contributed by atoms with Crippen LogP contribution in [-0.4, -0.2) is 46.0 Å². The molecule has 118 valence electrons. The molecule has 0 saturated carbocycles. The molecule has 5 nitrogen and oxygen atoms in total. The van der Waals surface area contributed by atoms with Crippen molar-refractivity contribution in [3.05, 3.63) is 24.3 Å². The summed E-state index contributed by atoms with van der Waals surface area (Å²) in [5, 5.41) is 3.19. The average Bonchev–Trinajstić information content (AvgIpc) is 2.45. The zero-order chi connectivity index (χ0) is 15.3. The zero-order valence-electron chi connectivity index (χ0n) is 12.8. The maximum atomic E-state index is 12.6. The second-order valence-electron chi connectivity index (χ2n) is 5.65. The van der Waals surface area contributed by atoms with Crippen LogP contribution in [0, 0.1) is 0 Å². The first kappa shape index (κ1) is 16.3. The number of hydrogen-bond acceptors (Lipinski definition) is 4. The van der Waals surface area contributed by atoms with Crippen LogP contribution in [0.1, 0.15) is 26.2 Å². The lowest BCUT2D eigenvalue weighted by atomic mass is 10.1. The highest BCUT2D eigenvalue weighted by Gasteiger charge is 2.25. The van der Waals surface area contributed by atoms with Gasteiger partial charge in [-0.3, -0.25) is 0 Å². The maximum absolute atomic E-state index is 12.6. The van der Waals surface area contributed by atoms with Gasteiger partial charge in [-0.15, -0.1) is 0 Å². The van der Waals surface area contributed by atoms with Crippen molar-refractivity contribution in [2.75, 3.05) is 32.0 Å². The molecule has 1 aromatic carbocycles. The van der Waals surface area contributed by atoms with E-state index in [9.17, 15) is 8.42 Å². The molecule has 0 spiro atoms. The van der Waals surface area contributed by atoms with Crippen LogP contribution >= 0.6 is 0 Å². The number of likely N-dealkylation sites (tertiary alicyclic amines) is 1. The van der Waals surface area contributed by atoms with E-state index in [1.807, 2.05) is 19.2 Å². The van der Waals surface area contributed by atoms with E-state index in [0.29, 0.717) is 10.6 Å². The van der Waals surface area contributed by atoms with Crippen molar-refractivity contribution in [1.29, 1.82) is 0 Å². The highest BCUT2D eigenvalue weighted by Crippen LogP contribution is 2.22. The van der Waals surface area contributed by atoms with Crippen LogP contribution in [0.2, 0.25) is 0 Å². The Morgan fingerprint density at radius 3 is 2.81 bits per heavy atom. The summed E-state index contributed by atoms with van der Waals surface area (Å²) in [4.78, 5) is 2.50. The highest BCUT2D eigenvalue weighted by atomic mass is 32.2. The Morgan fingerprint density at radius 1 is 1.33 bits per heavy atom. The number of para-hydroxylation sites is 1. The lowest BCUT2D eigenvalue weighted by molar-refractivity contribution is 0.242. The minimum Gasteiger partial charge on any atom is -0.384 e. The van der Waals surface area contributed by atoms with Crippen molar-refractivity contribution >= 4 is 15.7 Å². The van der Waals surface area contributed by atoms with E-state index in [0.717, 1.165) is 38.9 Å². The summed E-state index contributed by atoms with van der Waals surface area (Å²) in [5.74, 6) is 0. The molecule has 1 heterocycles. The molecule has 0 radical (unpaired) electrons. The van der Waals surface area contributed by atoms with E-state index in [2.05, 4.69) is 21.9 Å². The number of rotatable bonds is 6. The minimum absolute atomic E-state index is 0.00650. The zero-order valence-corrected chi connectivity index (χ0v) is 13.6. The predicted octanol–water partition coefficient (Wildman–Crippen LogP) is 1.88. The Hall–Kier alpha value is -1.11. The molecule has 1 unspecified atom stereocenters. The first-order chi connectivity index (χ1) is 10.0. The molecule has 1 aromatic rings. The van der Waals surface area contributed by atoms with E-state index in [4.69, 9.17) is 0 Å². The van der Waals surface area contributed by atoms with Gasteiger partial charge in [0.05, 0.1) is 5.69 Å². The number of sulfonamides is 1. The molecule has 2 N–H and O–H groups in total. The molecule has 0 aromatic heterocycles. The average molecular weight is 311 g/mol. The Balaban J connectivity index is 2.15. The van der Waals surface area contributed by atoms with Crippen LogP contribution < -0.4 is 10.0 Å². The number of likely N-dealkylation sites (N-methyl/N-ethyl adjacent to an activating group) is 1. The van der Waals surface area contributed by atoms with Gasteiger partial charge < -0.3 is 10.2 Å².